The fourth-order valence-electron chi connectivity index (χ4n) is 4.14. The van der Waals surface area contributed by atoms with Crippen LogP contribution < -0.4 is 0 Å². The highest BCUT2D eigenvalue weighted by atomic mass is 15.2. The second kappa shape index (κ2) is 2.73. The van der Waals surface area contributed by atoms with Gasteiger partial charge < -0.3 is 4.90 Å². The van der Waals surface area contributed by atoms with Crippen LogP contribution in [0, 0.1) is 23.7 Å². The fraction of sp³-hybridized carbons (Fsp3) is 1.00. The number of likely N-dealkylation sites (tertiary alicyclic amines) is 1. The SMILES string of the molecule is CC(C)N1C[C@@H]2[C@H]3CC[C@H](C3)[C@@H]2C1. The van der Waals surface area contributed by atoms with Crippen LogP contribution in [0.15, 0.2) is 0 Å². The molecule has 4 atom stereocenters. The summed E-state index contributed by atoms with van der Waals surface area (Å²) in [7, 11) is 0. The van der Waals surface area contributed by atoms with Gasteiger partial charge in [0.05, 0.1) is 0 Å². The van der Waals surface area contributed by atoms with E-state index in [-0.39, 0.29) is 0 Å². The third kappa shape index (κ3) is 1.09. The molecule has 1 saturated heterocycles. The maximum atomic E-state index is 2.71. The molecule has 13 heavy (non-hydrogen) atoms. The van der Waals surface area contributed by atoms with Crippen molar-refractivity contribution in [1.29, 1.82) is 0 Å². The Balaban J connectivity index is 1.76. The van der Waals surface area contributed by atoms with Gasteiger partial charge in [0.1, 0.15) is 0 Å². The minimum absolute atomic E-state index is 0.782. The van der Waals surface area contributed by atoms with Crippen LogP contribution in [0.2, 0.25) is 0 Å². The molecule has 1 heteroatoms. The van der Waals surface area contributed by atoms with Crippen LogP contribution in [0.1, 0.15) is 33.1 Å². The van der Waals surface area contributed by atoms with Gasteiger partial charge in [-0.05, 0) is 56.8 Å². The van der Waals surface area contributed by atoms with Crippen molar-refractivity contribution >= 4 is 0 Å². The topological polar surface area (TPSA) is 3.24 Å². The first-order valence-corrected chi connectivity index (χ1v) is 5.99. The molecular weight excluding hydrogens is 158 g/mol. The highest BCUT2D eigenvalue weighted by Crippen LogP contribution is 2.55. The monoisotopic (exact) mass is 179 g/mol. The van der Waals surface area contributed by atoms with E-state index >= 15 is 0 Å². The first kappa shape index (κ1) is 8.28. The van der Waals surface area contributed by atoms with Crippen molar-refractivity contribution in [2.45, 2.75) is 39.2 Å². The van der Waals surface area contributed by atoms with Gasteiger partial charge in [-0.15, -0.1) is 0 Å². The highest BCUT2D eigenvalue weighted by molar-refractivity contribution is 5.02. The minimum atomic E-state index is 0.782. The maximum absolute atomic E-state index is 2.71. The van der Waals surface area contributed by atoms with Crippen LogP contribution in [-0.4, -0.2) is 24.0 Å². The zero-order chi connectivity index (χ0) is 9.00. The summed E-state index contributed by atoms with van der Waals surface area (Å²) < 4.78 is 0. The summed E-state index contributed by atoms with van der Waals surface area (Å²) in [6, 6.07) is 0.782. The van der Waals surface area contributed by atoms with E-state index in [9.17, 15) is 0 Å². The number of fused-ring (bicyclic) bond motifs is 5. The van der Waals surface area contributed by atoms with Crippen molar-refractivity contribution < 1.29 is 0 Å². The molecule has 74 valence electrons. The molecule has 0 N–H and O–H groups in total. The molecule has 1 aliphatic heterocycles. The number of hydrogen-bond donors (Lipinski definition) is 0. The molecule has 0 spiro atoms. The summed E-state index contributed by atoms with van der Waals surface area (Å²) in [5, 5.41) is 0. The van der Waals surface area contributed by atoms with Gasteiger partial charge in [-0.2, -0.15) is 0 Å². The van der Waals surface area contributed by atoms with Crippen LogP contribution in [0.5, 0.6) is 0 Å². The molecule has 0 aromatic heterocycles. The molecule has 0 radical (unpaired) electrons. The maximum Gasteiger partial charge on any atom is 0.00388 e. The fourth-order valence-corrected chi connectivity index (χ4v) is 4.14. The van der Waals surface area contributed by atoms with Crippen LogP contribution >= 0.6 is 0 Å². The molecule has 0 amide bonds. The first-order valence-electron chi connectivity index (χ1n) is 5.99. The summed E-state index contributed by atoms with van der Waals surface area (Å²) in [5.74, 6) is 4.44. The van der Waals surface area contributed by atoms with Gasteiger partial charge in [0.25, 0.3) is 0 Å². The average molecular weight is 179 g/mol. The Hall–Kier alpha value is -0.0400. The predicted molar refractivity (Wildman–Crippen MR) is 54.5 cm³/mol. The van der Waals surface area contributed by atoms with Crippen molar-refractivity contribution in [1.82, 2.24) is 4.90 Å². The van der Waals surface area contributed by atoms with Crippen molar-refractivity contribution in [3.05, 3.63) is 0 Å². The second-order valence-electron chi connectivity index (χ2n) is 5.71. The van der Waals surface area contributed by atoms with Gasteiger partial charge in [0.2, 0.25) is 0 Å². The number of hydrogen-bond acceptors (Lipinski definition) is 1. The lowest BCUT2D eigenvalue weighted by Gasteiger charge is -2.22. The van der Waals surface area contributed by atoms with E-state index < -0.39 is 0 Å². The quantitative estimate of drug-likeness (QED) is 0.597. The predicted octanol–water partition coefficient (Wildman–Crippen LogP) is 2.37. The van der Waals surface area contributed by atoms with E-state index in [2.05, 4.69) is 18.7 Å². The smallest absolute Gasteiger partial charge is 0.00388 e. The van der Waals surface area contributed by atoms with Crippen molar-refractivity contribution in [3.8, 4) is 0 Å². The van der Waals surface area contributed by atoms with Crippen molar-refractivity contribution in [2.75, 3.05) is 13.1 Å². The summed E-state index contributed by atoms with van der Waals surface area (Å²) in [6.45, 7) is 7.54. The van der Waals surface area contributed by atoms with Gasteiger partial charge in [-0.1, -0.05) is 0 Å². The van der Waals surface area contributed by atoms with Crippen LogP contribution in [0.25, 0.3) is 0 Å². The minimum Gasteiger partial charge on any atom is -0.300 e. The Labute approximate surface area is 81.5 Å². The Kier molecular flexibility index (Phi) is 1.74. The second-order valence-corrected chi connectivity index (χ2v) is 5.71. The molecule has 2 aliphatic carbocycles. The normalized spacial score (nSPS) is 49.2. The van der Waals surface area contributed by atoms with Crippen LogP contribution in [0.4, 0.5) is 0 Å². The van der Waals surface area contributed by atoms with E-state index in [0.29, 0.717) is 0 Å². The zero-order valence-corrected chi connectivity index (χ0v) is 8.87. The third-order valence-electron chi connectivity index (χ3n) is 4.90. The van der Waals surface area contributed by atoms with Gasteiger partial charge in [-0.25, -0.2) is 0 Å². The molecule has 2 saturated carbocycles. The lowest BCUT2D eigenvalue weighted by Crippen LogP contribution is -2.29. The van der Waals surface area contributed by atoms with E-state index in [1.165, 1.54) is 13.1 Å². The number of nitrogens with zero attached hydrogens (tertiary/aromatic N) is 1. The van der Waals surface area contributed by atoms with Gasteiger partial charge in [0.15, 0.2) is 0 Å². The molecule has 2 bridgehead atoms. The van der Waals surface area contributed by atoms with E-state index in [1.54, 1.807) is 19.3 Å². The summed E-state index contributed by atoms with van der Waals surface area (Å²) in [4.78, 5) is 2.71. The summed E-state index contributed by atoms with van der Waals surface area (Å²) in [5.41, 5.74) is 0. The van der Waals surface area contributed by atoms with Gasteiger partial charge in [-0.3, -0.25) is 0 Å². The van der Waals surface area contributed by atoms with E-state index in [0.717, 1.165) is 29.7 Å². The lowest BCUT2D eigenvalue weighted by molar-refractivity contribution is 0.243. The van der Waals surface area contributed by atoms with E-state index in [1.807, 2.05) is 0 Å². The van der Waals surface area contributed by atoms with Gasteiger partial charge >= 0.3 is 0 Å². The molecule has 0 aromatic carbocycles. The molecule has 3 fully saturated rings. The summed E-state index contributed by atoms with van der Waals surface area (Å²) in [6.07, 6.45) is 4.69. The largest absolute Gasteiger partial charge is 0.300 e. The lowest BCUT2D eigenvalue weighted by atomic mass is 9.82. The van der Waals surface area contributed by atoms with Crippen LogP contribution in [0.3, 0.4) is 0 Å². The molecule has 3 aliphatic rings. The molecule has 0 unspecified atom stereocenters. The third-order valence-corrected chi connectivity index (χ3v) is 4.90. The van der Waals surface area contributed by atoms with E-state index in [4.69, 9.17) is 0 Å². The molecule has 1 heterocycles. The molecular formula is C12H21N. The highest BCUT2D eigenvalue weighted by Gasteiger charge is 2.51. The summed E-state index contributed by atoms with van der Waals surface area (Å²) >= 11 is 0. The molecule has 0 aromatic rings. The van der Waals surface area contributed by atoms with Crippen LogP contribution in [-0.2, 0) is 0 Å². The zero-order valence-electron chi connectivity index (χ0n) is 8.87. The van der Waals surface area contributed by atoms with Crippen molar-refractivity contribution in [3.63, 3.8) is 0 Å². The Morgan fingerprint density at radius 1 is 1.00 bits per heavy atom. The Morgan fingerprint density at radius 2 is 1.54 bits per heavy atom. The van der Waals surface area contributed by atoms with Crippen molar-refractivity contribution in [2.24, 2.45) is 23.7 Å². The Morgan fingerprint density at radius 3 is 2.00 bits per heavy atom. The molecule has 1 nitrogen and oxygen atoms in total. The number of rotatable bonds is 1. The molecule has 3 rings (SSSR count). The van der Waals surface area contributed by atoms with Gasteiger partial charge in [0, 0.05) is 19.1 Å². The standard InChI is InChI=1S/C12H21N/c1-8(2)13-6-11-9-3-4-10(5-9)12(11)7-13/h8-12H,3-7H2,1-2H3/t9-,10+,11+,12-. The average Bonchev–Trinajstić information content (AvgIpc) is 2.76. The first-order chi connectivity index (χ1) is 6.25. The Bertz CT molecular complexity index is 193.